The Balaban J connectivity index is 1.77. The number of amides is 1. The topological polar surface area (TPSA) is 80.0 Å². The van der Waals surface area contributed by atoms with Gasteiger partial charge in [0.05, 0.1) is 12.1 Å². The van der Waals surface area contributed by atoms with Crippen molar-refractivity contribution in [1.29, 1.82) is 0 Å². The Morgan fingerprint density at radius 2 is 2.22 bits per heavy atom. The quantitative estimate of drug-likeness (QED) is 0.750. The molecule has 0 aliphatic heterocycles. The van der Waals surface area contributed by atoms with E-state index >= 15 is 0 Å². The third-order valence-corrected chi connectivity index (χ3v) is 4.52. The molecule has 0 radical (unpaired) electrons. The minimum absolute atomic E-state index is 0.111. The lowest BCUT2D eigenvalue weighted by Crippen LogP contribution is -2.38. The molecule has 0 fully saturated rings. The van der Waals surface area contributed by atoms with Crippen LogP contribution in [0.3, 0.4) is 0 Å². The second-order valence-corrected chi connectivity index (χ2v) is 6.21. The molecule has 23 heavy (non-hydrogen) atoms. The van der Waals surface area contributed by atoms with Gasteiger partial charge in [0.1, 0.15) is 5.60 Å². The first-order chi connectivity index (χ1) is 11.1. The van der Waals surface area contributed by atoms with Crippen LogP contribution in [0.2, 0.25) is 0 Å². The number of thiophene rings is 1. The fourth-order valence-electron chi connectivity index (χ4n) is 2.17. The zero-order chi connectivity index (χ0) is 16.3. The number of carbonyl (C=O) groups is 1. The second kappa shape index (κ2) is 6.31. The van der Waals surface area contributed by atoms with Crippen molar-refractivity contribution in [2.75, 3.05) is 6.54 Å². The molecule has 0 aliphatic rings. The van der Waals surface area contributed by atoms with Crippen LogP contribution in [0.1, 0.15) is 22.2 Å². The standard InChI is InChI=1S/C16H16N4O2S/c1-16(22,13-6-3-10-23-13)11-18-15(21)12-5-2-7-17-14(12)20-9-4-8-19-20/h2-10,22H,11H2,1H3,(H,18,21)/t16-/m0/s1. The van der Waals surface area contributed by atoms with E-state index in [0.29, 0.717) is 11.4 Å². The number of aliphatic hydroxyl groups is 1. The average molecular weight is 328 g/mol. The number of pyridine rings is 1. The lowest BCUT2D eigenvalue weighted by molar-refractivity contribution is 0.0556. The fourth-order valence-corrected chi connectivity index (χ4v) is 2.96. The first kappa shape index (κ1) is 15.4. The third kappa shape index (κ3) is 3.30. The van der Waals surface area contributed by atoms with Gasteiger partial charge in [-0.3, -0.25) is 4.79 Å². The van der Waals surface area contributed by atoms with Crippen LogP contribution >= 0.6 is 11.3 Å². The van der Waals surface area contributed by atoms with Gasteiger partial charge in [0.25, 0.3) is 5.91 Å². The largest absolute Gasteiger partial charge is 0.383 e. The number of hydrogen-bond acceptors (Lipinski definition) is 5. The van der Waals surface area contributed by atoms with E-state index in [4.69, 9.17) is 0 Å². The van der Waals surface area contributed by atoms with Crippen LogP contribution in [0.5, 0.6) is 0 Å². The number of hydrogen-bond donors (Lipinski definition) is 2. The van der Waals surface area contributed by atoms with Gasteiger partial charge in [-0.25, -0.2) is 9.67 Å². The number of nitrogens with one attached hydrogen (secondary N) is 1. The Kier molecular flexibility index (Phi) is 4.22. The summed E-state index contributed by atoms with van der Waals surface area (Å²) in [5.74, 6) is 0.145. The van der Waals surface area contributed by atoms with Gasteiger partial charge in [0, 0.05) is 23.5 Å². The van der Waals surface area contributed by atoms with E-state index in [0.717, 1.165) is 4.88 Å². The average Bonchev–Trinajstić information content (AvgIpc) is 3.25. The third-order valence-electron chi connectivity index (χ3n) is 3.40. The molecule has 6 nitrogen and oxygen atoms in total. The summed E-state index contributed by atoms with van der Waals surface area (Å²) < 4.78 is 1.53. The molecule has 0 saturated heterocycles. The molecule has 3 heterocycles. The Hall–Kier alpha value is -2.51. The molecule has 3 aromatic heterocycles. The Bertz CT molecular complexity index is 782. The van der Waals surface area contributed by atoms with Crippen LogP contribution in [-0.4, -0.2) is 32.3 Å². The van der Waals surface area contributed by atoms with Crippen LogP contribution in [0, 0.1) is 0 Å². The molecule has 2 N–H and O–H groups in total. The highest BCUT2D eigenvalue weighted by Crippen LogP contribution is 2.24. The first-order valence-electron chi connectivity index (χ1n) is 7.07. The lowest BCUT2D eigenvalue weighted by Gasteiger charge is -2.22. The molecule has 0 bridgehead atoms. The minimum atomic E-state index is -1.11. The molecule has 1 amide bonds. The molecular weight excluding hydrogens is 312 g/mol. The molecule has 7 heteroatoms. The summed E-state index contributed by atoms with van der Waals surface area (Å²) >= 11 is 1.45. The molecule has 118 valence electrons. The summed E-state index contributed by atoms with van der Waals surface area (Å²) in [6.07, 6.45) is 4.95. The van der Waals surface area contributed by atoms with Gasteiger partial charge in [0.15, 0.2) is 5.82 Å². The van der Waals surface area contributed by atoms with Crippen LogP contribution < -0.4 is 5.32 Å². The SMILES string of the molecule is C[C@](O)(CNC(=O)c1cccnc1-n1cccn1)c1cccs1. The summed E-state index contributed by atoms with van der Waals surface area (Å²) in [7, 11) is 0. The zero-order valence-corrected chi connectivity index (χ0v) is 13.3. The van der Waals surface area contributed by atoms with E-state index < -0.39 is 5.60 Å². The van der Waals surface area contributed by atoms with Gasteiger partial charge in [0.2, 0.25) is 0 Å². The van der Waals surface area contributed by atoms with Gasteiger partial charge < -0.3 is 10.4 Å². The molecule has 0 aromatic carbocycles. The molecule has 0 spiro atoms. The smallest absolute Gasteiger partial charge is 0.255 e. The second-order valence-electron chi connectivity index (χ2n) is 5.26. The Labute approximate surface area is 137 Å². The summed E-state index contributed by atoms with van der Waals surface area (Å²) in [5, 5.41) is 19.2. The predicted octanol–water partition coefficient (Wildman–Crippen LogP) is 1.97. The number of carbonyl (C=O) groups excluding carboxylic acids is 1. The number of rotatable bonds is 5. The highest BCUT2D eigenvalue weighted by molar-refractivity contribution is 7.10. The minimum Gasteiger partial charge on any atom is -0.383 e. The van der Waals surface area contributed by atoms with Gasteiger partial charge in [-0.2, -0.15) is 5.10 Å². The Morgan fingerprint density at radius 1 is 1.35 bits per heavy atom. The summed E-state index contributed by atoms with van der Waals surface area (Å²) in [6.45, 7) is 1.79. The summed E-state index contributed by atoms with van der Waals surface area (Å²) in [6, 6.07) is 8.85. The van der Waals surface area contributed by atoms with E-state index in [-0.39, 0.29) is 12.5 Å². The van der Waals surface area contributed by atoms with Gasteiger partial charge in [-0.1, -0.05) is 6.07 Å². The maximum Gasteiger partial charge on any atom is 0.255 e. The van der Waals surface area contributed by atoms with Gasteiger partial charge >= 0.3 is 0 Å². The van der Waals surface area contributed by atoms with Crippen molar-refractivity contribution in [3.63, 3.8) is 0 Å². The van der Waals surface area contributed by atoms with Crippen molar-refractivity contribution in [3.8, 4) is 5.82 Å². The van der Waals surface area contributed by atoms with Crippen molar-refractivity contribution in [3.05, 3.63) is 64.7 Å². The van der Waals surface area contributed by atoms with E-state index in [1.807, 2.05) is 17.5 Å². The molecule has 3 aromatic rings. The normalized spacial score (nSPS) is 13.5. The summed E-state index contributed by atoms with van der Waals surface area (Å²) in [5.41, 5.74) is -0.712. The maximum absolute atomic E-state index is 12.5. The molecule has 0 aliphatic carbocycles. The molecular formula is C16H16N4O2S. The van der Waals surface area contributed by atoms with Crippen LogP contribution in [0.15, 0.2) is 54.3 Å². The van der Waals surface area contributed by atoms with E-state index in [9.17, 15) is 9.90 Å². The van der Waals surface area contributed by atoms with Crippen LogP contribution in [0.25, 0.3) is 5.82 Å². The molecule has 3 rings (SSSR count). The van der Waals surface area contributed by atoms with E-state index in [1.54, 1.807) is 43.7 Å². The molecule has 0 unspecified atom stereocenters. The lowest BCUT2D eigenvalue weighted by atomic mass is 10.1. The van der Waals surface area contributed by atoms with E-state index in [2.05, 4.69) is 15.4 Å². The highest BCUT2D eigenvalue weighted by Gasteiger charge is 2.25. The van der Waals surface area contributed by atoms with Crippen LogP contribution in [0.4, 0.5) is 0 Å². The van der Waals surface area contributed by atoms with Crippen LogP contribution in [-0.2, 0) is 5.60 Å². The number of aromatic nitrogens is 3. The Morgan fingerprint density at radius 3 is 2.91 bits per heavy atom. The zero-order valence-electron chi connectivity index (χ0n) is 12.5. The van der Waals surface area contributed by atoms with E-state index in [1.165, 1.54) is 16.0 Å². The van der Waals surface area contributed by atoms with Crippen molar-refractivity contribution in [2.45, 2.75) is 12.5 Å². The van der Waals surface area contributed by atoms with Crippen molar-refractivity contribution in [2.24, 2.45) is 0 Å². The monoisotopic (exact) mass is 328 g/mol. The predicted molar refractivity (Wildman–Crippen MR) is 87.6 cm³/mol. The van der Waals surface area contributed by atoms with Gasteiger partial charge in [-0.15, -0.1) is 11.3 Å². The van der Waals surface area contributed by atoms with Crippen molar-refractivity contribution < 1.29 is 9.90 Å². The van der Waals surface area contributed by atoms with Crippen molar-refractivity contribution >= 4 is 17.2 Å². The highest BCUT2D eigenvalue weighted by atomic mass is 32.1. The summed E-state index contributed by atoms with van der Waals surface area (Å²) in [4.78, 5) is 17.5. The van der Waals surface area contributed by atoms with Gasteiger partial charge in [-0.05, 0) is 36.6 Å². The number of nitrogens with zero attached hydrogens (tertiary/aromatic N) is 3. The fraction of sp³-hybridized carbons (Fsp3) is 0.188. The first-order valence-corrected chi connectivity index (χ1v) is 7.95. The van der Waals surface area contributed by atoms with Crippen molar-refractivity contribution in [1.82, 2.24) is 20.1 Å². The maximum atomic E-state index is 12.5. The molecule has 0 saturated carbocycles. The molecule has 1 atom stereocenters.